The van der Waals surface area contributed by atoms with Crippen LogP contribution in [-0.2, 0) is 10.9 Å². The molecule has 0 aliphatic rings. The zero-order valence-electron chi connectivity index (χ0n) is 12.4. The first kappa shape index (κ1) is 18.6. The van der Waals surface area contributed by atoms with Crippen molar-refractivity contribution in [2.24, 2.45) is 0 Å². The summed E-state index contributed by atoms with van der Waals surface area (Å²) < 4.78 is 48.5. The summed E-state index contributed by atoms with van der Waals surface area (Å²) in [6.07, 6.45) is -5.05. The van der Waals surface area contributed by atoms with Crippen molar-refractivity contribution in [3.63, 3.8) is 0 Å². The van der Waals surface area contributed by atoms with Crippen molar-refractivity contribution in [1.29, 1.82) is 0 Å². The van der Waals surface area contributed by atoms with Crippen molar-refractivity contribution in [1.82, 2.24) is 5.32 Å². The maximum absolute atomic E-state index is 12.6. The van der Waals surface area contributed by atoms with Gasteiger partial charge in [-0.15, -0.1) is 0 Å². The lowest BCUT2D eigenvalue weighted by atomic mass is 10.2. The van der Waals surface area contributed by atoms with Gasteiger partial charge in [-0.05, 0) is 54.9 Å². The van der Waals surface area contributed by atoms with Gasteiger partial charge in [-0.25, -0.2) is 4.79 Å². The van der Waals surface area contributed by atoms with Crippen LogP contribution in [0.5, 0.6) is 5.75 Å². The predicted octanol–water partition coefficient (Wildman–Crippen LogP) is 4.37. The lowest BCUT2D eigenvalue weighted by Crippen LogP contribution is -2.34. The quantitative estimate of drug-likeness (QED) is 0.785. The van der Waals surface area contributed by atoms with E-state index in [1.807, 2.05) is 0 Å². The average Bonchev–Trinajstić information content (AvgIpc) is 2.33. The van der Waals surface area contributed by atoms with Crippen LogP contribution in [0.2, 0.25) is 0 Å². The van der Waals surface area contributed by atoms with Gasteiger partial charge in [0.25, 0.3) is 0 Å². The number of carbonyl (C=O) groups is 1. The minimum absolute atomic E-state index is 0.0130. The van der Waals surface area contributed by atoms with Gasteiger partial charge >= 0.3 is 12.3 Å². The maximum atomic E-state index is 12.6. The van der Waals surface area contributed by atoms with E-state index in [1.54, 1.807) is 20.8 Å². The van der Waals surface area contributed by atoms with Crippen LogP contribution in [0.15, 0.2) is 22.7 Å². The van der Waals surface area contributed by atoms with Gasteiger partial charge in [0, 0.05) is 0 Å². The minimum Gasteiger partial charge on any atom is -0.491 e. The van der Waals surface area contributed by atoms with Crippen molar-refractivity contribution >= 4 is 22.0 Å². The van der Waals surface area contributed by atoms with Crippen LogP contribution in [0.3, 0.4) is 0 Å². The number of carbonyl (C=O) groups excluding carboxylic acids is 1. The molecule has 0 radical (unpaired) electrons. The molecule has 124 valence electrons. The normalized spacial score (nSPS) is 12.0. The van der Waals surface area contributed by atoms with Gasteiger partial charge in [-0.3, -0.25) is 0 Å². The van der Waals surface area contributed by atoms with Crippen LogP contribution in [0, 0.1) is 0 Å². The zero-order valence-corrected chi connectivity index (χ0v) is 14.0. The molecule has 0 aromatic heterocycles. The molecule has 8 heteroatoms. The summed E-state index contributed by atoms with van der Waals surface area (Å²) >= 11 is 3.11. The Morgan fingerprint density at radius 1 is 1.27 bits per heavy atom. The molecule has 0 aliphatic carbocycles. The van der Waals surface area contributed by atoms with Crippen LogP contribution in [0.1, 0.15) is 26.3 Å². The number of nitrogens with one attached hydrogen (secondary N) is 1. The minimum atomic E-state index is -4.44. The van der Waals surface area contributed by atoms with Gasteiger partial charge in [0.05, 0.1) is 16.6 Å². The Morgan fingerprint density at radius 2 is 1.91 bits per heavy atom. The summed E-state index contributed by atoms with van der Waals surface area (Å²) in [4.78, 5) is 11.4. The number of alkyl halides is 3. The molecule has 0 saturated heterocycles. The molecule has 1 aromatic carbocycles. The topological polar surface area (TPSA) is 47.6 Å². The standard InChI is InChI=1S/C14H17BrF3NO3/c1-13(2,3)22-12(20)19-6-7-21-11-8-9(14(16,17)18)4-5-10(11)15/h4-5,8H,6-7H2,1-3H3,(H,19,20). The van der Waals surface area contributed by atoms with Gasteiger partial charge in [-0.1, -0.05) is 0 Å². The van der Waals surface area contributed by atoms with E-state index < -0.39 is 23.4 Å². The van der Waals surface area contributed by atoms with Crippen LogP contribution >= 0.6 is 15.9 Å². The summed E-state index contributed by atoms with van der Waals surface area (Å²) in [5.74, 6) is 0.0563. The van der Waals surface area contributed by atoms with Gasteiger partial charge in [0.1, 0.15) is 18.0 Å². The lowest BCUT2D eigenvalue weighted by molar-refractivity contribution is -0.137. The zero-order chi connectivity index (χ0) is 17.0. The molecule has 0 aliphatic heterocycles. The Bertz CT molecular complexity index is 527. The highest BCUT2D eigenvalue weighted by molar-refractivity contribution is 9.10. The van der Waals surface area contributed by atoms with Crippen molar-refractivity contribution in [3.8, 4) is 5.75 Å². The van der Waals surface area contributed by atoms with Gasteiger partial charge < -0.3 is 14.8 Å². The summed E-state index contributed by atoms with van der Waals surface area (Å²) in [7, 11) is 0. The third-order valence-corrected chi connectivity index (χ3v) is 2.94. The van der Waals surface area contributed by atoms with E-state index in [4.69, 9.17) is 9.47 Å². The Morgan fingerprint density at radius 3 is 2.45 bits per heavy atom. The first-order valence-electron chi connectivity index (χ1n) is 6.45. The maximum Gasteiger partial charge on any atom is 0.416 e. The Balaban J connectivity index is 2.50. The van der Waals surface area contributed by atoms with Gasteiger partial charge in [-0.2, -0.15) is 13.2 Å². The highest BCUT2D eigenvalue weighted by Crippen LogP contribution is 2.34. The van der Waals surface area contributed by atoms with E-state index in [1.165, 1.54) is 6.07 Å². The second-order valence-electron chi connectivity index (χ2n) is 5.42. The van der Waals surface area contributed by atoms with E-state index in [9.17, 15) is 18.0 Å². The molecule has 0 heterocycles. The largest absolute Gasteiger partial charge is 0.491 e. The molecular formula is C14H17BrF3NO3. The Kier molecular flexibility index (Phi) is 6.10. The van der Waals surface area contributed by atoms with E-state index in [0.29, 0.717) is 4.47 Å². The fourth-order valence-electron chi connectivity index (χ4n) is 1.42. The molecule has 0 atom stereocenters. The van der Waals surface area contributed by atoms with E-state index in [0.717, 1.165) is 12.1 Å². The smallest absolute Gasteiger partial charge is 0.416 e. The third-order valence-electron chi connectivity index (χ3n) is 2.29. The molecule has 0 fully saturated rings. The molecule has 0 bridgehead atoms. The number of hydrogen-bond donors (Lipinski definition) is 1. The monoisotopic (exact) mass is 383 g/mol. The number of amides is 1. The molecule has 1 amide bonds. The highest BCUT2D eigenvalue weighted by atomic mass is 79.9. The van der Waals surface area contributed by atoms with E-state index in [-0.39, 0.29) is 18.9 Å². The fraction of sp³-hybridized carbons (Fsp3) is 0.500. The third kappa shape index (κ3) is 6.55. The molecule has 0 saturated carbocycles. The Hall–Kier alpha value is -1.44. The second-order valence-corrected chi connectivity index (χ2v) is 6.27. The van der Waals surface area contributed by atoms with E-state index >= 15 is 0 Å². The average molecular weight is 384 g/mol. The summed E-state index contributed by atoms with van der Waals surface area (Å²) in [6, 6.07) is 3.12. The van der Waals surface area contributed by atoms with Gasteiger partial charge in [0.2, 0.25) is 0 Å². The molecule has 1 N–H and O–H groups in total. The summed E-state index contributed by atoms with van der Waals surface area (Å²) in [5, 5.41) is 2.45. The molecule has 1 rings (SSSR count). The molecule has 0 unspecified atom stereocenters. The molecular weight excluding hydrogens is 367 g/mol. The first-order valence-corrected chi connectivity index (χ1v) is 7.25. The first-order chi connectivity index (χ1) is 9.99. The number of halogens is 4. The SMILES string of the molecule is CC(C)(C)OC(=O)NCCOc1cc(C(F)(F)F)ccc1Br. The summed E-state index contributed by atoms with van der Waals surface area (Å²) in [5.41, 5.74) is -1.42. The fourth-order valence-corrected chi connectivity index (χ4v) is 1.78. The Labute approximate surface area is 135 Å². The van der Waals surface area contributed by atoms with Crippen molar-refractivity contribution in [3.05, 3.63) is 28.2 Å². The number of rotatable bonds is 4. The summed E-state index contributed by atoms with van der Waals surface area (Å²) in [6.45, 7) is 5.30. The molecule has 0 spiro atoms. The number of ether oxygens (including phenoxy) is 2. The number of alkyl carbamates (subject to hydrolysis) is 1. The van der Waals surface area contributed by atoms with Crippen molar-refractivity contribution < 1.29 is 27.4 Å². The van der Waals surface area contributed by atoms with Crippen molar-refractivity contribution in [2.45, 2.75) is 32.5 Å². The lowest BCUT2D eigenvalue weighted by Gasteiger charge is -2.19. The molecule has 1 aromatic rings. The van der Waals surface area contributed by atoms with E-state index in [2.05, 4.69) is 21.2 Å². The van der Waals surface area contributed by atoms with Crippen LogP contribution in [0.25, 0.3) is 0 Å². The van der Waals surface area contributed by atoms with Crippen LogP contribution in [0.4, 0.5) is 18.0 Å². The van der Waals surface area contributed by atoms with Crippen molar-refractivity contribution in [2.75, 3.05) is 13.2 Å². The van der Waals surface area contributed by atoms with Crippen LogP contribution in [-0.4, -0.2) is 24.8 Å². The highest BCUT2D eigenvalue weighted by Gasteiger charge is 2.31. The predicted molar refractivity (Wildman–Crippen MR) is 78.9 cm³/mol. The molecule has 22 heavy (non-hydrogen) atoms. The number of benzene rings is 1. The van der Waals surface area contributed by atoms with Gasteiger partial charge in [0.15, 0.2) is 0 Å². The number of hydrogen-bond acceptors (Lipinski definition) is 3. The molecule has 4 nitrogen and oxygen atoms in total. The second kappa shape index (κ2) is 7.21. The van der Waals surface area contributed by atoms with Crippen LogP contribution < -0.4 is 10.1 Å².